The SMILES string of the molecule is O=C(c1ccncc1)c1ccc(CBr)cc1Br. The van der Waals surface area contributed by atoms with E-state index in [0.29, 0.717) is 11.1 Å². The van der Waals surface area contributed by atoms with Gasteiger partial charge in [-0.25, -0.2) is 0 Å². The molecule has 2 rings (SSSR count). The quantitative estimate of drug-likeness (QED) is 0.616. The first-order valence-electron chi connectivity index (χ1n) is 5.01. The Kier molecular flexibility index (Phi) is 4.07. The zero-order chi connectivity index (χ0) is 12.3. The van der Waals surface area contributed by atoms with Crippen molar-refractivity contribution < 1.29 is 4.79 Å². The van der Waals surface area contributed by atoms with Crippen LogP contribution in [0.2, 0.25) is 0 Å². The summed E-state index contributed by atoms with van der Waals surface area (Å²) in [4.78, 5) is 16.1. The van der Waals surface area contributed by atoms with E-state index in [9.17, 15) is 4.79 Å². The van der Waals surface area contributed by atoms with E-state index in [-0.39, 0.29) is 5.78 Å². The maximum absolute atomic E-state index is 12.2. The van der Waals surface area contributed by atoms with Crippen molar-refractivity contribution in [1.82, 2.24) is 4.98 Å². The summed E-state index contributed by atoms with van der Waals surface area (Å²) < 4.78 is 0.816. The molecule has 1 heterocycles. The number of carbonyl (C=O) groups excluding carboxylic acids is 1. The first kappa shape index (κ1) is 12.5. The van der Waals surface area contributed by atoms with E-state index < -0.39 is 0 Å². The summed E-state index contributed by atoms with van der Waals surface area (Å²) in [6.45, 7) is 0. The van der Waals surface area contributed by atoms with Crippen LogP contribution in [0.4, 0.5) is 0 Å². The Hall–Kier alpha value is -1.000. The Morgan fingerprint density at radius 3 is 2.47 bits per heavy atom. The summed E-state index contributed by atoms with van der Waals surface area (Å²) in [7, 11) is 0. The highest BCUT2D eigenvalue weighted by molar-refractivity contribution is 9.10. The van der Waals surface area contributed by atoms with E-state index in [1.807, 2.05) is 18.2 Å². The maximum atomic E-state index is 12.2. The minimum absolute atomic E-state index is 0.000368. The second-order valence-corrected chi connectivity index (χ2v) is 4.93. The molecular formula is C13H9Br2NO. The Balaban J connectivity index is 2.38. The molecule has 0 N–H and O–H groups in total. The summed E-state index contributed by atoms with van der Waals surface area (Å²) in [5.74, 6) is 0.000368. The van der Waals surface area contributed by atoms with Crippen molar-refractivity contribution in [2.75, 3.05) is 0 Å². The van der Waals surface area contributed by atoms with Crippen molar-refractivity contribution in [3.63, 3.8) is 0 Å². The van der Waals surface area contributed by atoms with Crippen LogP contribution < -0.4 is 0 Å². The number of benzene rings is 1. The molecule has 0 amide bonds. The summed E-state index contributed by atoms with van der Waals surface area (Å²) in [6.07, 6.45) is 3.24. The molecule has 0 aliphatic rings. The minimum atomic E-state index is 0.000368. The lowest BCUT2D eigenvalue weighted by Crippen LogP contribution is -2.02. The predicted octanol–water partition coefficient (Wildman–Crippen LogP) is 3.97. The van der Waals surface area contributed by atoms with Crippen LogP contribution in [0, 0.1) is 0 Å². The molecule has 0 aliphatic carbocycles. The third-order valence-corrected chi connectivity index (χ3v) is 3.68. The van der Waals surface area contributed by atoms with Gasteiger partial charge in [0.2, 0.25) is 0 Å². The summed E-state index contributed by atoms with van der Waals surface area (Å²) in [5.41, 5.74) is 2.44. The fourth-order valence-corrected chi connectivity index (χ4v) is 2.44. The zero-order valence-corrected chi connectivity index (χ0v) is 12.0. The standard InChI is InChI=1S/C13H9Br2NO/c14-8-9-1-2-11(12(15)7-9)13(17)10-3-5-16-6-4-10/h1-7H,8H2. The molecule has 2 nitrogen and oxygen atoms in total. The van der Waals surface area contributed by atoms with E-state index in [1.165, 1.54) is 0 Å². The molecule has 1 aromatic heterocycles. The molecular weight excluding hydrogens is 346 g/mol. The Morgan fingerprint density at radius 2 is 1.88 bits per heavy atom. The van der Waals surface area contributed by atoms with Crippen LogP contribution in [0.1, 0.15) is 21.5 Å². The van der Waals surface area contributed by atoms with Crippen molar-refractivity contribution in [3.8, 4) is 0 Å². The molecule has 86 valence electrons. The first-order valence-corrected chi connectivity index (χ1v) is 6.93. The molecule has 0 aliphatic heterocycles. The third kappa shape index (κ3) is 2.82. The number of ketones is 1. The van der Waals surface area contributed by atoms with E-state index in [1.54, 1.807) is 24.5 Å². The minimum Gasteiger partial charge on any atom is -0.289 e. The largest absolute Gasteiger partial charge is 0.289 e. The second kappa shape index (κ2) is 5.56. The van der Waals surface area contributed by atoms with E-state index in [2.05, 4.69) is 36.8 Å². The number of pyridine rings is 1. The molecule has 1 aromatic carbocycles. The molecule has 4 heteroatoms. The molecule has 0 atom stereocenters. The second-order valence-electron chi connectivity index (χ2n) is 3.51. The van der Waals surface area contributed by atoms with Gasteiger partial charge in [0.25, 0.3) is 0 Å². The van der Waals surface area contributed by atoms with Gasteiger partial charge in [-0.15, -0.1) is 0 Å². The fourth-order valence-electron chi connectivity index (χ4n) is 1.48. The lowest BCUT2D eigenvalue weighted by Gasteiger charge is -2.05. The number of rotatable bonds is 3. The molecule has 0 saturated carbocycles. The van der Waals surface area contributed by atoms with Crippen LogP contribution >= 0.6 is 31.9 Å². The molecule has 0 radical (unpaired) electrons. The Bertz CT molecular complexity index is 540. The Morgan fingerprint density at radius 1 is 1.18 bits per heavy atom. The molecule has 0 saturated heterocycles. The number of carbonyl (C=O) groups is 1. The molecule has 0 fully saturated rings. The van der Waals surface area contributed by atoms with Gasteiger partial charge in [-0.2, -0.15) is 0 Å². The fraction of sp³-hybridized carbons (Fsp3) is 0.0769. The lowest BCUT2D eigenvalue weighted by atomic mass is 10.0. The molecule has 17 heavy (non-hydrogen) atoms. The van der Waals surface area contributed by atoms with Crippen molar-refractivity contribution in [2.45, 2.75) is 5.33 Å². The highest BCUT2D eigenvalue weighted by Crippen LogP contribution is 2.22. The number of aromatic nitrogens is 1. The molecule has 2 aromatic rings. The smallest absolute Gasteiger partial charge is 0.194 e. The van der Waals surface area contributed by atoms with Gasteiger partial charge in [-0.3, -0.25) is 9.78 Å². The van der Waals surface area contributed by atoms with Gasteiger partial charge in [-0.1, -0.05) is 37.9 Å². The van der Waals surface area contributed by atoms with E-state index >= 15 is 0 Å². The van der Waals surface area contributed by atoms with Crippen molar-refractivity contribution in [2.24, 2.45) is 0 Å². The number of hydrogen-bond donors (Lipinski definition) is 0. The van der Waals surface area contributed by atoms with Crippen molar-refractivity contribution in [3.05, 3.63) is 63.9 Å². The van der Waals surface area contributed by atoms with Gasteiger partial charge < -0.3 is 0 Å². The normalized spacial score (nSPS) is 10.2. The monoisotopic (exact) mass is 353 g/mol. The number of alkyl halides is 1. The van der Waals surface area contributed by atoms with Gasteiger partial charge in [0, 0.05) is 33.3 Å². The zero-order valence-electron chi connectivity index (χ0n) is 8.86. The van der Waals surface area contributed by atoms with Gasteiger partial charge in [0.1, 0.15) is 0 Å². The van der Waals surface area contributed by atoms with Crippen LogP contribution in [0.25, 0.3) is 0 Å². The number of nitrogens with zero attached hydrogens (tertiary/aromatic N) is 1. The molecule has 0 spiro atoms. The molecule has 0 bridgehead atoms. The van der Waals surface area contributed by atoms with Crippen LogP contribution in [0.15, 0.2) is 47.2 Å². The summed E-state index contributed by atoms with van der Waals surface area (Å²) in [5, 5.41) is 0.773. The van der Waals surface area contributed by atoms with Gasteiger partial charge in [0.15, 0.2) is 5.78 Å². The van der Waals surface area contributed by atoms with Crippen molar-refractivity contribution in [1.29, 1.82) is 0 Å². The number of halogens is 2. The van der Waals surface area contributed by atoms with Crippen LogP contribution in [0.5, 0.6) is 0 Å². The van der Waals surface area contributed by atoms with Crippen LogP contribution in [0.3, 0.4) is 0 Å². The Labute approximate surface area is 116 Å². The van der Waals surface area contributed by atoms with Crippen LogP contribution in [-0.2, 0) is 5.33 Å². The third-order valence-electron chi connectivity index (χ3n) is 2.37. The average molecular weight is 355 g/mol. The maximum Gasteiger partial charge on any atom is 0.194 e. The van der Waals surface area contributed by atoms with Crippen molar-refractivity contribution >= 4 is 37.6 Å². The van der Waals surface area contributed by atoms with E-state index in [4.69, 9.17) is 0 Å². The van der Waals surface area contributed by atoms with E-state index in [0.717, 1.165) is 15.4 Å². The average Bonchev–Trinajstić information content (AvgIpc) is 2.39. The highest BCUT2D eigenvalue weighted by Gasteiger charge is 2.12. The highest BCUT2D eigenvalue weighted by atomic mass is 79.9. The lowest BCUT2D eigenvalue weighted by molar-refractivity contribution is 0.103. The van der Waals surface area contributed by atoms with Gasteiger partial charge in [-0.05, 0) is 29.8 Å². The summed E-state index contributed by atoms with van der Waals surface area (Å²) >= 11 is 6.81. The molecule has 0 unspecified atom stereocenters. The topological polar surface area (TPSA) is 30.0 Å². The summed E-state index contributed by atoms with van der Waals surface area (Å²) in [6, 6.07) is 9.15. The van der Waals surface area contributed by atoms with Crippen LogP contribution in [-0.4, -0.2) is 10.8 Å². The first-order chi connectivity index (χ1) is 8.22. The van der Waals surface area contributed by atoms with Gasteiger partial charge >= 0.3 is 0 Å². The predicted molar refractivity (Wildman–Crippen MR) is 74.4 cm³/mol. The van der Waals surface area contributed by atoms with Gasteiger partial charge in [0.05, 0.1) is 0 Å². The number of hydrogen-bond acceptors (Lipinski definition) is 2.